The van der Waals surface area contributed by atoms with E-state index in [-0.39, 0.29) is 18.0 Å². The normalized spacial score (nSPS) is 11.3. The number of nitro groups is 1. The first-order valence-corrected chi connectivity index (χ1v) is 8.09. The zero-order chi connectivity index (χ0) is 18.5. The minimum absolute atomic E-state index is 0.0153. The van der Waals surface area contributed by atoms with Crippen molar-refractivity contribution in [2.75, 3.05) is 0 Å². The molecule has 3 rings (SSSR count). The average Bonchev–Trinajstić information content (AvgIpc) is 2.66. The van der Waals surface area contributed by atoms with Gasteiger partial charge in [0.25, 0.3) is 5.69 Å². The summed E-state index contributed by atoms with van der Waals surface area (Å²) >= 11 is 0. The van der Waals surface area contributed by atoms with Gasteiger partial charge in [-0.15, -0.1) is 0 Å². The third kappa shape index (κ3) is 3.92. The number of fused-ring (bicyclic) bond motifs is 1. The minimum atomic E-state index is -0.456. The van der Waals surface area contributed by atoms with Crippen LogP contribution >= 0.6 is 0 Å². The van der Waals surface area contributed by atoms with Crippen LogP contribution in [-0.2, 0) is 11.2 Å². The van der Waals surface area contributed by atoms with Crippen molar-refractivity contribution in [2.45, 2.75) is 13.3 Å². The fraction of sp³-hybridized carbons (Fsp3) is 0.100. The van der Waals surface area contributed by atoms with Crippen LogP contribution in [0.25, 0.3) is 10.8 Å². The molecule has 0 fully saturated rings. The van der Waals surface area contributed by atoms with Gasteiger partial charge in [0, 0.05) is 12.1 Å². The Kier molecular flexibility index (Phi) is 5.03. The molecule has 0 saturated carbocycles. The Bertz CT molecular complexity index is 989. The molecule has 3 aromatic rings. The number of hydrogen-bond acceptors (Lipinski definition) is 4. The standard InChI is InChI=1S/C20H17N3O3/c1-14(15-9-11-18(12-10-15)23(25)26)21-22-20(24)13-17-7-4-6-16-5-2-3-8-19(16)17/h2-12H,13H2,1H3,(H,22,24). The molecule has 0 unspecified atom stereocenters. The minimum Gasteiger partial charge on any atom is -0.273 e. The van der Waals surface area contributed by atoms with Crippen LogP contribution in [0.5, 0.6) is 0 Å². The highest BCUT2D eigenvalue weighted by Gasteiger charge is 2.08. The maximum Gasteiger partial charge on any atom is 0.269 e. The largest absolute Gasteiger partial charge is 0.273 e. The quantitative estimate of drug-likeness (QED) is 0.432. The lowest BCUT2D eigenvalue weighted by molar-refractivity contribution is -0.384. The van der Waals surface area contributed by atoms with Crippen molar-refractivity contribution in [3.05, 3.63) is 88.0 Å². The lowest BCUT2D eigenvalue weighted by atomic mass is 10.0. The highest BCUT2D eigenvalue weighted by Crippen LogP contribution is 2.19. The summed E-state index contributed by atoms with van der Waals surface area (Å²) in [5, 5.41) is 16.9. The lowest BCUT2D eigenvalue weighted by Crippen LogP contribution is -2.21. The van der Waals surface area contributed by atoms with Gasteiger partial charge in [-0.25, -0.2) is 5.43 Å². The highest BCUT2D eigenvalue weighted by atomic mass is 16.6. The van der Waals surface area contributed by atoms with Crippen LogP contribution in [0.4, 0.5) is 5.69 Å². The van der Waals surface area contributed by atoms with Crippen molar-refractivity contribution in [1.29, 1.82) is 0 Å². The van der Waals surface area contributed by atoms with Gasteiger partial charge >= 0.3 is 0 Å². The lowest BCUT2D eigenvalue weighted by Gasteiger charge is -2.06. The molecule has 0 aliphatic rings. The molecule has 6 heteroatoms. The molecule has 6 nitrogen and oxygen atoms in total. The smallest absolute Gasteiger partial charge is 0.269 e. The summed E-state index contributed by atoms with van der Waals surface area (Å²) in [4.78, 5) is 22.5. The fourth-order valence-electron chi connectivity index (χ4n) is 2.69. The molecule has 0 aliphatic heterocycles. The summed E-state index contributed by atoms with van der Waals surface area (Å²) in [6.07, 6.45) is 0.221. The van der Waals surface area contributed by atoms with Crippen molar-refractivity contribution in [3.63, 3.8) is 0 Å². The Hall–Kier alpha value is -3.54. The third-order valence-electron chi connectivity index (χ3n) is 4.08. The van der Waals surface area contributed by atoms with Gasteiger partial charge in [-0.3, -0.25) is 14.9 Å². The molecule has 130 valence electrons. The molecule has 0 bridgehead atoms. The summed E-state index contributed by atoms with van der Waals surface area (Å²) in [6, 6.07) is 19.8. The molecule has 0 radical (unpaired) electrons. The molecule has 0 aromatic heterocycles. The van der Waals surface area contributed by atoms with E-state index in [0.29, 0.717) is 11.3 Å². The Morgan fingerprint density at radius 3 is 2.46 bits per heavy atom. The number of benzene rings is 3. The van der Waals surface area contributed by atoms with Crippen LogP contribution < -0.4 is 5.43 Å². The van der Waals surface area contributed by atoms with Gasteiger partial charge in [0.15, 0.2) is 0 Å². The van der Waals surface area contributed by atoms with Crippen LogP contribution in [-0.4, -0.2) is 16.5 Å². The molecular weight excluding hydrogens is 330 g/mol. The Labute approximate surface area is 150 Å². The highest BCUT2D eigenvalue weighted by molar-refractivity contribution is 5.99. The molecular formula is C20H17N3O3. The first-order valence-electron chi connectivity index (χ1n) is 8.09. The van der Waals surface area contributed by atoms with Gasteiger partial charge in [0.05, 0.1) is 17.1 Å². The third-order valence-corrected chi connectivity index (χ3v) is 4.08. The first-order chi connectivity index (χ1) is 12.5. The zero-order valence-corrected chi connectivity index (χ0v) is 14.2. The van der Waals surface area contributed by atoms with E-state index in [4.69, 9.17) is 0 Å². The van der Waals surface area contributed by atoms with E-state index >= 15 is 0 Å². The van der Waals surface area contributed by atoms with Crippen LogP contribution in [0.15, 0.2) is 71.8 Å². The van der Waals surface area contributed by atoms with Crippen LogP contribution in [0.2, 0.25) is 0 Å². The number of carbonyl (C=O) groups excluding carboxylic acids is 1. The Balaban J connectivity index is 1.69. The summed E-state index contributed by atoms with van der Waals surface area (Å²) in [5.74, 6) is -0.220. The second-order valence-electron chi connectivity index (χ2n) is 5.85. The fourth-order valence-corrected chi connectivity index (χ4v) is 2.69. The van der Waals surface area contributed by atoms with E-state index in [1.807, 2.05) is 42.5 Å². The summed E-state index contributed by atoms with van der Waals surface area (Å²) in [6.45, 7) is 1.74. The maximum atomic E-state index is 12.2. The average molecular weight is 347 g/mol. The Morgan fingerprint density at radius 2 is 1.73 bits per heavy atom. The maximum absolute atomic E-state index is 12.2. The van der Waals surface area contributed by atoms with Gasteiger partial charge in [0.2, 0.25) is 5.91 Å². The van der Waals surface area contributed by atoms with E-state index in [1.54, 1.807) is 19.1 Å². The number of nitrogens with one attached hydrogen (secondary N) is 1. The molecule has 0 saturated heterocycles. The molecule has 0 heterocycles. The van der Waals surface area contributed by atoms with Crippen molar-refractivity contribution < 1.29 is 9.72 Å². The van der Waals surface area contributed by atoms with E-state index in [2.05, 4.69) is 10.5 Å². The Morgan fingerprint density at radius 1 is 1.04 bits per heavy atom. The molecule has 0 atom stereocenters. The number of hydrogen-bond donors (Lipinski definition) is 1. The second kappa shape index (κ2) is 7.57. The predicted octanol–water partition coefficient (Wildman–Crippen LogP) is 3.83. The van der Waals surface area contributed by atoms with Crippen LogP contribution in [0.1, 0.15) is 18.1 Å². The van der Waals surface area contributed by atoms with Crippen molar-refractivity contribution in [3.8, 4) is 0 Å². The number of hydrazone groups is 1. The van der Waals surface area contributed by atoms with Gasteiger partial charge in [0.1, 0.15) is 0 Å². The van der Waals surface area contributed by atoms with Crippen LogP contribution in [0, 0.1) is 10.1 Å². The van der Waals surface area contributed by atoms with Crippen molar-refractivity contribution in [2.24, 2.45) is 5.10 Å². The first kappa shape index (κ1) is 17.3. The van der Waals surface area contributed by atoms with Gasteiger partial charge in [-0.2, -0.15) is 5.10 Å². The number of amides is 1. The summed E-state index contributed by atoms with van der Waals surface area (Å²) in [7, 11) is 0. The van der Waals surface area contributed by atoms with Crippen LogP contribution in [0.3, 0.4) is 0 Å². The number of nitrogens with zero attached hydrogens (tertiary/aromatic N) is 2. The van der Waals surface area contributed by atoms with Crippen molar-refractivity contribution in [1.82, 2.24) is 5.43 Å². The number of rotatable bonds is 5. The molecule has 26 heavy (non-hydrogen) atoms. The van der Waals surface area contributed by atoms with E-state index in [1.165, 1.54) is 12.1 Å². The molecule has 1 N–H and O–H groups in total. The topological polar surface area (TPSA) is 84.6 Å². The SMILES string of the molecule is CC(=NNC(=O)Cc1cccc2ccccc12)c1ccc([N+](=O)[O-])cc1. The van der Waals surface area contributed by atoms with Gasteiger partial charge in [-0.1, -0.05) is 42.5 Å². The van der Waals surface area contributed by atoms with E-state index in [0.717, 1.165) is 16.3 Å². The second-order valence-corrected chi connectivity index (χ2v) is 5.85. The van der Waals surface area contributed by atoms with E-state index in [9.17, 15) is 14.9 Å². The molecule has 0 aliphatic carbocycles. The number of non-ortho nitro benzene ring substituents is 1. The molecule has 3 aromatic carbocycles. The van der Waals surface area contributed by atoms with Gasteiger partial charge < -0.3 is 0 Å². The van der Waals surface area contributed by atoms with E-state index < -0.39 is 4.92 Å². The number of carbonyl (C=O) groups is 1. The molecule has 0 spiro atoms. The number of nitro benzene ring substituents is 1. The molecule has 1 amide bonds. The zero-order valence-electron chi connectivity index (χ0n) is 14.2. The summed E-state index contributed by atoms with van der Waals surface area (Å²) in [5.41, 5.74) is 4.78. The monoisotopic (exact) mass is 347 g/mol. The predicted molar refractivity (Wildman–Crippen MR) is 101 cm³/mol. The van der Waals surface area contributed by atoms with Gasteiger partial charge in [-0.05, 0) is 41.0 Å². The summed E-state index contributed by atoms with van der Waals surface area (Å²) < 4.78 is 0. The van der Waals surface area contributed by atoms with Crippen molar-refractivity contribution >= 4 is 28.1 Å².